The molecule has 0 aliphatic heterocycles. The minimum absolute atomic E-state index is 0.299. The fraction of sp³-hybridized carbons (Fsp3) is 0.300. The van der Waals surface area contributed by atoms with Gasteiger partial charge in [0.15, 0.2) is 18.2 Å². The Balaban J connectivity index is 3.24. The molecule has 0 saturated carbocycles. The number of amides is 1. The summed E-state index contributed by atoms with van der Waals surface area (Å²) in [6.45, 7) is 1.28. The maximum absolute atomic E-state index is 13.8. The Morgan fingerprint density at radius 1 is 1.52 bits per heavy atom. The van der Waals surface area contributed by atoms with E-state index in [-0.39, 0.29) is 0 Å². The summed E-state index contributed by atoms with van der Waals surface area (Å²) in [5.74, 6) is -2.76. The third-order valence-corrected chi connectivity index (χ3v) is 3.15. The number of non-ortho nitro benzene ring substituents is 1. The first-order valence-corrected chi connectivity index (χ1v) is 7.11. The second-order valence-corrected chi connectivity index (χ2v) is 5.33. The Labute approximate surface area is 119 Å². The zero-order valence-corrected chi connectivity index (χ0v) is 11.6. The fourth-order valence-corrected chi connectivity index (χ4v) is 2.10. The van der Waals surface area contributed by atoms with Gasteiger partial charge in [-0.25, -0.2) is 17.9 Å². The number of likely N-dealkylation sites (N-methyl/N-ethyl adjacent to an activating group) is 1. The largest absolute Gasteiger partial charge is 0.479 e. The van der Waals surface area contributed by atoms with Crippen molar-refractivity contribution >= 4 is 21.6 Å². The zero-order valence-electron chi connectivity index (χ0n) is 10.8. The molecule has 1 aromatic carbocycles. The Morgan fingerprint density at radius 3 is 2.62 bits per heavy atom. The highest BCUT2D eigenvalue weighted by Crippen LogP contribution is 2.31. The molecular formula is C10H12FN3O6S. The highest BCUT2D eigenvalue weighted by Gasteiger charge is 2.25. The van der Waals surface area contributed by atoms with Crippen LogP contribution in [0.25, 0.3) is 0 Å². The molecule has 0 aliphatic rings. The summed E-state index contributed by atoms with van der Waals surface area (Å²) in [5.41, 5.74) is -0.804. The molecule has 0 radical (unpaired) electrons. The number of nitro groups is 1. The fourth-order valence-electron chi connectivity index (χ4n) is 1.40. The van der Waals surface area contributed by atoms with Gasteiger partial charge in [-0.3, -0.25) is 14.9 Å². The van der Waals surface area contributed by atoms with Crippen LogP contribution in [0.2, 0.25) is 0 Å². The van der Waals surface area contributed by atoms with Crippen molar-refractivity contribution in [3.8, 4) is 5.75 Å². The molecule has 0 atom stereocenters. The van der Waals surface area contributed by atoms with E-state index in [1.807, 2.05) is 0 Å². The number of nitro benzene ring substituents is 1. The molecule has 0 heterocycles. The van der Waals surface area contributed by atoms with Gasteiger partial charge in [0.25, 0.3) is 11.6 Å². The van der Waals surface area contributed by atoms with Crippen LogP contribution in [0, 0.1) is 15.9 Å². The SMILES string of the molecule is CCNC(=O)COc1c(F)cc([N+](=O)[O-])cc1S(N)(=O)=O. The van der Waals surface area contributed by atoms with Gasteiger partial charge in [-0.1, -0.05) is 0 Å². The quantitative estimate of drug-likeness (QED) is 0.553. The Hall–Kier alpha value is -2.27. The van der Waals surface area contributed by atoms with E-state index >= 15 is 0 Å². The number of primary sulfonamides is 1. The summed E-state index contributed by atoms with van der Waals surface area (Å²) in [5, 5.41) is 17.8. The predicted molar refractivity (Wildman–Crippen MR) is 68.6 cm³/mol. The van der Waals surface area contributed by atoms with Crippen LogP contribution in [0.3, 0.4) is 0 Å². The van der Waals surface area contributed by atoms with Crippen molar-refractivity contribution in [1.82, 2.24) is 5.32 Å². The second-order valence-electron chi connectivity index (χ2n) is 3.80. The van der Waals surface area contributed by atoms with E-state index in [2.05, 4.69) is 5.32 Å². The van der Waals surface area contributed by atoms with Crippen LogP contribution in [-0.4, -0.2) is 32.4 Å². The van der Waals surface area contributed by atoms with Crippen molar-refractivity contribution in [2.45, 2.75) is 11.8 Å². The van der Waals surface area contributed by atoms with Crippen molar-refractivity contribution in [1.29, 1.82) is 0 Å². The monoisotopic (exact) mass is 321 g/mol. The van der Waals surface area contributed by atoms with E-state index < -0.39 is 49.6 Å². The number of rotatable bonds is 6. The number of hydrogen-bond acceptors (Lipinski definition) is 6. The van der Waals surface area contributed by atoms with Crippen LogP contribution in [0.15, 0.2) is 17.0 Å². The maximum Gasteiger partial charge on any atom is 0.274 e. The number of sulfonamides is 1. The van der Waals surface area contributed by atoms with E-state index in [1.54, 1.807) is 6.92 Å². The Morgan fingerprint density at radius 2 is 2.14 bits per heavy atom. The lowest BCUT2D eigenvalue weighted by Gasteiger charge is -2.11. The van der Waals surface area contributed by atoms with Gasteiger partial charge in [0.2, 0.25) is 10.0 Å². The van der Waals surface area contributed by atoms with Crippen molar-refractivity contribution < 1.29 is 27.3 Å². The lowest BCUT2D eigenvalue weighted by atomic mass is 10.3. The standard InChI is InChI=1S/C10H12FN3O6S/c1-2-13-9(15)5-20-10-7(11)3-6(14(16)17)4-8(10)21(12,18)19/h3-4H,2,5H2,1H3,(H,13,15)(H2,12,18,19). The normalized spacial score (nSPS) is 11.0. The van der Waals surface area contributed by atoms with E-state index in [9.17, 15) is 27.7 Å². The van der Waals surface area contributed by atoms with Gasteiger partial charge in [0.1, 0.15) is 4.90 Å². The van der Waals surface area contributed by atoms with Crippen LogP contribution in [0.4, 0.5) is 10.1 Å². The van der Waals surface area contributed by atoms with Crippen LogP contribution in [-0.2, 0) is 14.8 Å². The first-order valence-electron chi connectivity index (χ1n) is 5.57. The number of carbonyl (C=O) groups excluding carboxylic acids is 1. The smallest absolute Gasteiger partial charge is 0.274 e. The molecule has 0 aliphatic carbocycles. The molecule has 11 heteroatoms. The number of nitrogens with zero attached hydrogens (tertiary/aromatic N) is 1. The van der Waals surface area contributed by atoms with Gasteiger partial charge in [0, 0.05) is 12.6 Å². The summed E-state index contributed by atoms with van der Waals surface area (Å²) in [7, 11) is -4.47. The molecule has 0 unspecified atom stereocenters. The topological polar surface area (TPSA) is 142 Å². The van der Waals surface area contributed by atoms with E-state index in [4.69, 9.17) is 9.88 Å². The third kappa shape index (κ3) is 4.36. The van der Waals surface area contributed by atoms with Gasteiger partial charge in [-0.15, -0.1) is 0 Å². The molecule has 0 fully saturated rings. The molecule has 116 valence electrons. The van der Waals surface area contributed by atoms with E-state index in [0.29, 0.717) is 18.7 Å². The van der Waals surface area contributed by atoms with Gasteiger partial charge in [-0.05, 0) is 6.92 Å². The second kappa shape index (κ2) is 6.45. The molecule has 1 amide bonds. The highest BCUT2D eigenvalue weighted by molar-refractivity contribution is 7.89. The summed E-state index contributed by atoms with van der Waals surface area (Å²) in [4.78, 5) is 19.9. The summed E-state index contributed by atoms with van der Waals surface area (Å²) in [6.07, 6.45) is 0. The van der Waals surface area contributed by atoms with E-state index in [0.717, 1.165) is 0 Å². The number of hydrogen-bond donors (Lipinski definition) is 2. The lowest BCUT2D eigenvalue weighted by Crippen LogP contribution is -2.29. The molecule has 1 rings (SSSR count). The summed E-state index contributed by atoms with van der Waals surface area (Å²) >= 11 is 0. The molecule has 3 N–H and O–H groups in total. The summed E-state index contributed by atoms with van der Waals surface area (Å²) < 4.78 is 41.2. The molecule has 0 spiro atoms. The third-order valence-electron chi connectivity index (χ3n) is 2.23. The first-order chi connectivity index (χ1) is 9.66. The lowest BCUT2D eigenvalue weighted by molar-refractivity contribution is -0.385. The predicted octanol–water partition coefficient (Wildman–Crippen LogP) is -0.104. The molecule has 1 aromatic rings. The van der Waals surface area contributed by atoms with Crippen LogP contribution in [0.5, 0.6) is 5.75 Å². The van der Waals surface area contributed by atoms with Gasteiger partial charge in [-0.2, -0.15) is 0 Å². The average Bonchev–Trinajstić information content (AvgIpc) is 2.35. The van der Waals surface area contributed by atoms with Gasteiger partial charge in [0.05, 0.1) is 11.0 Å². The molecule has 0 bridgehead atoms. The molecule has 9 nitrogen and oxygen atoms in total. The van der Waals surface area contributed by atoms with Crippen LogP contribution in [0.1, 0.15) is 6.92 Å². The number of nitrogens with one attached hydrogen (secondary N) is 1. The van der Waals surface area contributed by atoms with Crippen LogP contribution < -0.4 is 15.2 Å². The summed E-state index contributed by atoms with van der Waals surface area (Å²) in [6, 6.07) is 1.03. The van der Waals surface area contributed by atoms with Crippen LogP contribution >= 0.6 is 0 Å². The number of benzene rings is 1. The van der Waals surface area contributed by atoms with Gasteiger partial charge < -0.3 is 10.1 Å². The van der Waals surface area contributed by atoms with Crippen molar-refractivity contribution in [3.05, 3.63) is 28.1 Å². The van der Waals surface area contributed by atoms with Crippen molar-refractivity contribution in [2.75, 3.05) is 13.2 Å². The molecule has 21 heavy (non-hydrogen) atoms. The molecular weight excluding hydrogens is 309 g/mol. The number of halogens is 1. The Kier molecular flexibility index (Phi) is 5.16. The zero-order chi connectivity index (χ0) is 16.2. The highest BCUT2D eigenvalue weighted by atomic mass is 32.2. The number of ether oxygens (including phenoxy) is 1. The number of carbonyl (C=O) groups is 1. The average molecular weight is 321 g/mol. The molecule has 0 saturated heterocycles. The minimum Gasteiger partial charge on any atom is -0.479 e. The maximum atomic E-state index is 13.8. The van der Waals surface area contributed by atoms with Crippen molar-refractivity contribution in [3.63, 3.8) is 0 Å². The Bertz CT molecular complexity index is 676. The van der Waals surface area contributed by atoms with Crippen molar-refractivity contribution in [2.24, 2.45) is 5.14 Å². The van der Waals surface area contributed by atoms with Gasteiger partial charge >= 0.3 is 0 Å². The van der Waals surface area contributed by atoms with E-state index in [1.165, 1.54) is 0 Å². The minimum atomic E-state index is -4.47. The number of nitrogens with two attached hydrogens (primary N) is 1. The first kappa shape index (κ1) is 16.8. The molecule has 0 aromatic heterocycles.